The van der Waals surface area contributed by atoms with E-state index in [4.69, 9.17) is 0 Å². The third kappa shape index (κ3) is 9.51. The molecule has 0 saturated carbocycles. The third-order valence-corrected chi connectivity index (χ3v) is 55.3. The standard InChI is InChI=1S/2C3H9P.Ir.5H/c2*1-4(2)3;;;;;;/h2*1-3H3;;;;;;/q;;-2;;;;;/p+2. The second-order valence-corrected chi connectivity index (χ2v) is 55.0. The van der Waals surface area contributed by atoms with E-state index in [1.54, 1.807) is 0 Å². The number of hydrogen-bond acceptors (Lipinski definition) is 0. The molecule has 0 heterocycles. The van der Waals surface area contributed by atoms with Crippen LogP contribution in [0.3, 0.4) is 0 Å². The van der Waals surface area contributed by atoms with Gasteiger partial charge in [-0.2, -0.15) is 0 Å². The monoisotopic (exact) mass is 352 g/mol. The summed E-state index contributed by atoms with van der Waals surface area (Å²) >= 11 is -0.116. The van der Waals surface area contributed by atoms with Crippen LogP contribution in [0.25, 0.3) is 0 Å². The van der Waals surface area contributed by atoms with Gasteiger partial charge in [-0.3, -0.25) is 0 Å². The van der Waals surface area contributed by atoms with E-state index in [-0.39, 0.29) is 16.7 Å². The molecule has 0 bridgehead atoms. The fourth-order valence-electron chi connectivity index (χ4n) is 1.12. The number of hydrogen-bond donors (Lipinski definition) is 0. The van der Waals surface area contributed by atoms with Gasteiger partial charge in [0, 0.05) is 0 Å². The van der Waals surface area contributed by atoms with Crippen LogP contribution in [0.1, 0.15) is 0 Å². The van der Waals surface area contributed by atoms with Crippen LogP contribution in [-0.2, 0) is 16.7 Å². The summed E-state index contributed by atoms with van der Waals surface area (Å²) in [6.07, 6.45) is 0. The summed E-state index contributed by atoms with van der Waals surface area (Å²) in [6.45, 7) is 15.3. The predicted molar refractivity (Wildman–Crippen MR) is 59.1 cm³/mol. The zero-order valence-electron chi connectivity index (χ0n) is 7.50. The van der Waals surface area contributed by atoms with Crippen LogP contribution in [0.4, 0.5) is 0 Å². The summed E-state index contributed by atoms with van der Waals surface area (Å²) in [4.78, 5) is 0. The molecule has 0 aliphatic carbocycles. The molecule has 0 unspecified atom stereocenters. The van der Waals surface area contributed by atoms with Crippen LogP contribution in [0.15, 0.2) is 0 Å². The molecule has 0 saturated heterocycles. The Labute approximate surface area is 67.8 Å². The summed E-state index contributed by atoms with van der Waals surface area (Å²) in [7, 11) is 0. The molecule has 0 N–H and O–H groups in total. The van der Waals surface area contributed by atoms with E-state index in [9.17, 15) is 0 Å². The second-order valence-electron chi connectivity index (χ2n) is 4.62. The van der Waals surface area contributed by atoms with Gasteiger partial charge in [-0.05, 0) is 0 Å². The Morgan fingerprint density at radius 3 is 0.889 bits per heavy atom. The quantitative estimate of drug-likeness (QED) is 0.647. The zero-order valence-corrected chi connectivity index (χ0v) is 13.1. The summed E-state index contributed by atoms with van der Waals surface area (Å²) in [5.41, 5.74) is -1.07. The maximum absolute atomic E-state index is 2.55. The van der Waals surface area contributed by atoms with Crippen LogP contribution >= 0.6 is 11.0 Å². The average molecular weight is 351 g/mol. The van der Waals surface area contributed by atoms with Crippen molar-refractivity contribution in [2.75, 3.05) is 40.0 Å². The van der Waals surface area contributed by atoms with Crippen molar-refractivity contribution in [2.45, 2.75) is 0 Å². The van der Waals surface area contributed by atoms with Gasteiger partial charge >= 0.3 is 67.7 Å². The molecule has 0 aromatic carbocycles. The Bertz CT molecular complexity index is 76.2. The van der Waals surface area contributed by atoms with Crippen molar-refractivity contribution in [3.8, 4) is 0 Å². The summed E-state index contributed by atoms with van der Waals surface area (Å²) in [5, 5.41) is 0. The van der Waals surface area contributed by atoms with E-state index in [2.05, 4.69) is 40.0 Å². The van der Waals surface area contributed by atoms with Crippen molar-refractivity contribution in [3.63, 3.8) is 0 Å². The molecule has 0 aliphatic heterocycles. The van der Waals surface area contributed by atoms with Gasteiger partial charge < -0.3 is 0 Å². The first-order chi connectivity index (χ1) is 3.71. The molecule has 0 aromatic rings. The molecule has 0 amide bonds. The van der Waals surface area contributed by atoms with Crippen molar-refractivity contribution in [1.82, 2.24) is 0 Å². The van der Waals surface area contributed by atoms with E-state index >= 15 is 0 Å². The maximum atomic E-state index is 2.55. The van der Waals surface area contributed by atoms with E-state index in [0.717, 1.165) is 0 Å². The van der Waals surface area contributed by atoms with E-state index < -0.39 is 11.0 Å². The molecule has 0 aliphatic rings. The van der Waals surface area contributed by atoms with Gasteiger partial charge in [0.1, 0.15) is 0 Å². The Kier molecular flexibility index (Phi) is 3.82. The Balaban J connectivity index is 3.75. The Morgan fingerprint density at radius 2 is 0.889 bits per heavy atom. The van der Waals surface area contributed by atoms with Crippen LogP contribution in [0.5, 0.6) is 0 Å². The van der Waals surface area contributed by atoms with Gasteiger partial charge in [0.25, 0.3) is 0 Å². The van der Waals surface area contributed by atoms with Crippen LogP contribution in [0.2, 0.25) is 0 Å². The molecule has 0 radical (unpaired) electrons. The van der Waals surface area contributed by atoms with Crippen molar-refractivity contribution in [1.29, 1.82) is 0 Å². The Morgan fingerprint density at radius 1 is 0.667 bits per heavy atom. The van der Waals surface area contributed by atoms with Crippen molar-refractivity contribution in [3.05, 3.63) is 0 Å². The minimum absolute atomic E-state index is 0.116. The molecule has 0 aromatic heterocycles. The molecule has 3 heteroatoms. The predicted octanol–water partition coefficient (Wildman–Crippen LogP) is 0.839. The van der Waals surface area contributed by atoms with Crippen LogP contribution < -0.4 is 0 Å². The van der Waals surface area contributed by atoms with Gasteiger partial charge in [-0.25, -0.2) is 0 Å². The summed E-state index contributed by atoms with van der Waals surface area (Å²) in [6, 6.07) is 0. The fraction of sp³-hybridized carbons (Fsp3) is 1.00. The van der Waals surface area contributed by atoms with Gasteiger partial charge in [0.05, 0.1) is 0 Å². The molecule has 0 nitrogen and oxygen atoms in total. The SMILES string of the molecule is C[PH](C)(C)[IrH5][PH](C)(C)C. The Hall–Kier alpha value is 1.51. The van der Waals surface area contributed by atoms with Crippen molar-refractivity contribution in [2.24, 2.45) is 0 Å². The fourth-order valence-corrected chi connectivity index (χ4v) is 82.9. The molecular weight excluding hydrogens is 326 g/mol. The first kappa shape index (κ1) is 10.5. The van der Waals surface area contributed by atoms with E-state index in [1.807, 2.05) is 0 Å². The molecular formula is C6H25IrP2. The van der Waals surface area contributed by atoms with Gasteiger partial charge in [-0.1, -0.05) is 0 Å². The molecule has 0 fully saturated rings. The average Bonchev–Trinajstić information content (AvgIpc) is 1.14. The van der Waals surface area contributed by atoms with Crippen molar-refractivity contribution < 1.29 is 16.7 Å². The number of rotatable bonds is 2. The van der Waals surface area contributed by atoms with Gasteiger partial charge in [0.15, 0.2) is 0 Å². The molecule has 0 spiro atoms. The normalized spacial score (nSPS) is 18.0. The van der Waals surface area contributed by atoms with Crippen LogP contribution in [-0.4, -0.2) is 40.0 Å². The van der Waals surface area contributed by atoms with E-state index in [0.29, 0.717) is 0 Å². The van der Waals surface area contributed by atoms with Crippen LogP contribution in [0, 0.1) is 0 Å². The third-order valence-electron chi connectivity index (χ3n) is 0.750. The van der Waals surface area contributed by atoms with Gasteiger partial charge in [0.2, 0.25) is 0 Å². The second kappa shape index (κ2) is 3.27. The van der Waals surface area contributed by atoms with Crippen molar-refractivity contribution >= 4 is 11.0 Å². The zero-order chi connectivity index (χ0) is 7.71. The minimum atomic E-state index is -0.536. The summed E-state index contributed by atoms with van der Waals surface area (Å²) < 4.78 is 0. The first-order valence-electron chi connectivity index (χ1n) is 3.50. The molecule has 0 rings (SSSR count). The first-order valence-corrected chi connectivity index (χ1v) is 21.3. The summed E-state index contributed by atoms with van der Waals surface area (Å²) in [5.74, 6) is 0. The van der Waals surface area contributed by atoms with E-state index in [1.165, 1.54) is 0 Å². The molecule has 68 valence electrons. The molecule has 0 atom stereocenters. The molecule has 9 heavy (non-hydrogen) atoms. The topological polar surface area (TPSA) is 0 Å². The van der Waals surface area contributed by atoms with Gasteiger partial charge in [-0.15, -0.1) is 0 Å².